The minimum absolute atomic E-state index is 0.429. The van der Waals surface area contributed by atoms with Crippen molar-refractivity contribution in [3.05, 3.63) is 24.0 Å². The van der Waals surface area contributed by atoms with Crippen LogP contribution in [0.15, 0.2) is 18.5 Å². The Morgan fingerprint density at radius 2 is 2.08 bits per heavy atom. The van der Waals surface area contributed by atoms with Gasteiger partial charge in [-0.1, -0.05) is 0 Å². The molecule has 3 nitrogen and oxygen atoms in total. The molecule has 4 heteroatoms. The molecule has 0 saturated heterocycles. The van der Waals surface area contributed by atoms with Crippen LogP contribution in [0.3, 0.4) is 0 Å². The quantitative estimate of drug-likeness (QED) is 0.834. The van der Waals surface area contributed by atoms with Crippen LogP contribution in [0.5, 0.6) is 0 Å². The van der Waals surface area contributed by atoms with E-state index < -0.39 is 24.3 Å². The molecule has 0 bridgehead atoms. The summed E-state index contributed by atoms with van der Waals surface area (Å²) in [6, 6.07) is 1.58. The molecule has 13 heavy (non-hydrogen) atoms. The van der Waals surface area contributed by atoms with Crippen molar-refractivity contribution in [3.63, 3.8) is 0 Å². The van der Waals surface area contributed by atoms with Crippen molar-refractivity contribution in [2.75, 3.05) is 0 Å². The number of carbonyl (C=O) groups is 1. The Morgan fingerprint density at radius 3 is 2.46 bits per heavy atom. The normalized spacial score (nSPS) is 11.3. The molecule has 0 spiro atoms. The third-order valence-electron chi connectivity index (χ3n) is 1.86. The SMILES string of the molecule is [CH3][Sn]([CH3])([CH3])[c]1cnccc1C(=O)O. The Morgan fingerprint density at radius 1 is 1.46 bits per heavy atom. The van der Waals surface area contributed by atoms with Gasteiger partial charge in [-0.05, 0) is 0 Å². The summed E-state index contributed by atoms with van der Waals surface area (Å²) in [5, 5.41) is 8.93. The second kappa shape index (κ2) is 3.65. The zero-order chi connectivity index (χ0) is 10.1. The van der Waals surface area contributed by atoms with Crippen molar-refractivity contribution in [1.82, 2.24) is 4.98 Å². The molecule has 0 aliphatic carbocycles. The van der Waals surface area contributed by atoms with Crippen LogP contribution in [-0.2, 0) is 0 Å². The van der Waals surface area contributed by atoms with Crippen LogP contribution in [0.4, 0.5) is 0 Å². The molecule has 0 saturated carbocycles. The van der Waals surface area contributed by atoms with E-state index in [2.05, 4.69) is 19.8 Å². The van der Waals surface area contributed by atoms with Crippen LogP contribution in [0.25, 0.3) is 0 Å². The first-order chi connectivity index (χ1) is 5.93. The van der Waals surface area contributed by atoms with Crippen molar-refractivity contribution in [3.8, 4) is 0 Å². The molecule has 0 fully saturated rings. The van der Waals surface area contributed by atoms with Gasteiger partial charge in [-0.3, -0.25) is 0 Å². The average molecular weight is 286 g/mol. The standard InChI is InChI=1S/C6H4NO2.3CH3.Sn/c8-6(9)5-1-3-7-4-2-5;;;;/h1,3-4H,(H,8,9);3*1H3;. The van der Waals surface area contributed by atoms with E-state index >= 15 is 0 Å². The molecule has 0 unspecified atom stereocenters. The molecule has 0 aliphatic heterocycles. The summed E-state index contributed by atoms with van der Waals surface area (Å²) in [5.74, 6) is -0.843. The summed E-state index contributed by atoms with van der Waals surface area (Å²) in [4.78, 5) is 21.4. The molecule has 1 rings (SSSR count). The van der Waals surface area contributed by atoms with Crippen LogP contribution >= 0.6 is 0 Å². The van der Waals surface area contributed by atoms with Gasteiger partial charge in [0.05, 0.1) is 0 Å². The van der Waals surface area contributed by atoms with E-state index in [9.17, 15) is 4.79 Å². The van der Waals surface area contributed by atoms with E-state index in [1.807, 2.05) is 0 Å². The van der Waals surface area contributed by atoms with Gasteiger partial charge < -0.3 is 0 Å². The van der Waals surface area contributed by atoms with E-state index in [1.54, 1.807) is 12.3 Å². The summed E-state index contributed by atoms with van der Waals surface area (Å²) >= 11 is -2.30. The number of carboxylic acid groups (broad SMARTS) is 1. The molecule has 1 aromatic heterocycles. The van der Waals surface area contributed by atoms with Gasteiger partial charge in [-0.2, -0.15) is 0 Å². The molecule has 1 heterocycles. The number of carboxylic acids is 1. The number of pyridine rings is 1. The molecule has 0 atom stereocenters. The molecule has 70 valence electrons. The Bertz CT molecular complexity index is 331. The Balaban J connectivity index is 3.28. The van der Waals surface area contributed by atoms with Crippen molar-refractivity contribution < 1.29 is 9.90 Å². The second-order valence-corrected chi connectivity index (χ2v) is 18.4. The predicted molar refractivity (Wildman–Crippen MR) is 54.2 cm³/mol. The van der Waals surface area contributed by atoms with Crippen molar-refractivity contribution in [1.29, 1.82) is 0 Å². The molecule has 0 radical (unpaired) electrons. The van der Waals surface area contributed by atoms with Gasteiger partial charge in [-0.15, -0.1) is 0 Å². The van der Waals surface area contributed by atoms with E-state index in [4.69, 9.17) is 5.11 Å². The molecule has 0 amide bonds. The fourth-order valence-corrected chi connectivity index (χ4v) is 5.35. The number of rotatable bonds is 2. The third-order valence-corrected chi connectivity index (χ3v) is 7.61. The number of hydrogen-bond donors (Lipinski definition) is 1. The summed E-state index contributed by atoms with van der Waals surface area (Å²) in [7, 11) is 0. The fourth-order valence-electron chi connectivity index (χ4n) is 1.18. The predicted octanol–water partition coefficient (Wildman–Crippen LogP) is 1.32. The zero-order valence-electron chi connectivity index (χ0n) is 8.03. The second-order valence-electron chi connectivity index (χ2n) is 3.98. The van der Waals surface area contributed by atoms with Crippen molar-refractivity contribution >= 4 is 27.9 Å². The summed E-state index contributed by atoms with van der Waals surface area (Å²) in [6.07, 6.45) is 3.24. The maximum absolute atomic E-state index is 10.9. The average Bonchev–Trinajstić information content (AvgIpc) is 2.03. The molecular weight excluding hydrogens is 273 g/mol. The maximum atomic E-state index is 10.9. The van der Waals surface area contributed by atoms with Crippen molar-refractivity contribution in [2.45, 2.75) is 14.8 Å². The Kier molecular flexibility index (Phi) is 2.95. The van der Waals surface area contributed by atoms with Gasteiger partial charge in [0.2, 0.25) is 0 Å². The first kappa shape index (κ1) is 10.5. The first-order valence-corrected chi connectivity index (χ1v) is 14.1. The first-order valence-electron chi connectivity index (χ1n) is 4.10. The van der Waals surface area contributed by atoms with E-state index in [0.717, 1.165) is 3.58 Å². The number of hydrogen-bond acceptors (Lipinski definition) is 2. The van der Waals surface area contributed by atoms with Crippen LogP contribution in [-0.4, -0.2) is 34.4 Å². The monoisotopic (exact) mass is 287 g/mol. The van der Waals surface area contributed by atoms with E-state index in [1.165, 1.54) is 6.20 Å². The van der Waals surface area contributed by atoms with Crippen LogP contribution in [0, 0.1) is 0 Å². The van der Waals surface area contributed by atoms with Gasteiger partial charge in [0.15, 0.2) is 0 Å². The summed E-state index contributed by atoms with van der Waals surface area (Å²) in [5.41, 5.74) is 0.429. The number of aromatic nitrogens is 1. The van der Waals surface area contributed by atoms with E-state index in [0.29, 0.717) is 5.56 Å². The van der Waals surface area contributed by atoms with Gasteiger partial charge in [0.1, 0.15) is 0 Å². The van der Waals surface area contributed by atoms with Crippen LogP contribution < -0.4 is 3.58 Å². The minimum atomic E-state index is -2.30. The third kappa shape index (κ3) is 2.43. The zero-order valence-corrected chi connectivity index (χ0v) is 10.9. The molecule has 1 N–H and O–H groups in total. The molecular formula is C9H13NO2Sn. The van der Waals surface area contributed by atoms with Gasteiger partial charge >= 0.3 is 81.7 Å². The molecule has 1 aromatic rings. The summed E-state index contributed by atoms with van der Waals surface area (Å²) in [6.45, 7) is 0. The summed E-state index contributed by atoms with van der Waals surface area (Å²) < 4.78 is 0.976. The number of aromatic carboxylic acids is 1. The fraction of sp³-hybridized carbons (Fsp3) is 0.333. The van der Waals surface area contributed by atoms with Crippen LogP contribution in [0.1, 0.15) is 10.4 Å². The van der Waals surface area contributed by atoms with E-state index in [-0.39, 0.29) is 0 Å². The Labute approximate surface area is 81.7 Å². The Hall–Kier alpha value is -0.581. The van der Waals surface area contributed by atoms with Gasteiger partial charge in [0, 0.05) is 0 Å². The van der Waals surface area contributed by atoms with Crippen LogP contribution in [0.2, 0.25) is 14.8 Å². The molecule has 0 aromatic carbocycles. The topological polar surface area (TPSA) is 50.2 Å². The number of nitrogens with zero attached hydrogens (tertiary/aromatic N) is 1. The molecule has 0 aliphatic rings. The van der Waals surface area contributed by atoms with Gasteiger partial charge in [-0.25, -0.2) is 0 Å². The van der Waals surface area contributed by atoms with Gasteiger partial charge in [0.25, 0.3) is 0 Å². The van der Waals surface area contributed by atoms with Crippen molar-refractivity contribution in [2.24, 2.45) is 0 Å².